The number of nitrogens with zero attached hydrogens (tertiary/aromatic N) is 4. The lowest BCUT2D eigenvalue weighted by atomic mass is 10.2. The molecule has 0 bridgehead atoms. The molecule has 7 nitrogen and oxygen atoms in total. The number of benzene rings is 1. The van der Waals surface area contributed by atoms with E-state index < -0.39 is 0 Å². The number of aryl methyl sites for hydroxylation is 3. The van der Waals surface area contributed by atoms with E-state index in [1.165, 1.54) is 0 Å². The maximum Gasteiger partial charge on any atom is 0.251 e. The highest BCUT2D eigenvalue weighted by Crippen LogP contribution is 2.17. The molecule has 0 aliphatic heterocycles. The van der Waals surface area contributed by atoms with Gasteiger partial charge in [0.2, 0.25) is 0 Å². The number of methoxy groups -OCH3 is 1. The number of hydrogen-bond acceptors (Lipinski definition) is 4. The first kappa shape index (κ1) is 16.0. The van der Waals surface area contributed by atoms with Crippen molar-refractivity contribution in [1.29, 1.82) is 0 Å². The third-order valence-electron chi connectivity index (χ3n) is 3.98. The molecule has 0 saturated heterocycles. The predicted molar refractivity (Wildman–Crippen MR) is 91.2 cm³/mol. The number of ether oxygens (including phenoxy) is 1. The fraction of sp³-hybridized carbons (Fsp3) is 0.353. The van der Waals surface area contributed by atoms with Crippen molar-refractivity contribution in [1.82, 2.24) is 24.9 Å². The molecule has 0 unspecified atom stereocenters. The number of carbonyl (C=O) groups excluding carboxylic acids is 1. The van der Waals surface area contributed by atoms with Crippen LogP contribution in [0.15, 0.2) is 30.5 Å². The summed E-state index contributed by atoms with van der Waals surface area (Å²) in [5.41, 5.74) is 3.63. The van der Waals surface area contributed by atoms with E-state index in [2.05, 4.69) is 15.5 Å². The number of carbonyl (C=O) groups is 1. The molecule has 0 radical (unpaired) electrons. The van der Waals surface area contributed by atoms with Crippen LogP contribution < -0.4 is 10.1 Å². The average Bonchev–Trinajstić information content (AvgIpc) is 3.13. The third-order valence-corrected chi connectivity index (χ3v) is 3.98. The summed E-state index contributed by atoms with van der Waals surface area (Å²) in [6, 6.07) is 7.12. The first-order chi connectivity index (χ1) is 11.6. The van der Waals surface area contributed by atoms with Crippen LogP contribution in [0.5, 0.6) is 5.75 Å². The molecule has 0 fully saturated rings. The van der Waals surface area contributed by atoms with Gasteiger partial charge in [0.15, 0.2) is 0 Å². The first-order valence-electron chi connectivity index (χ1n) is 7.87. The Hall–Kier alpha value is -2.83. The van der Waals surface area contributed by atoms with Crippen molar-refractivity contribution < 1.29 is 9.53 Å². The molecule has 1 aromatic carbocycles. The zero-order valence-electron chi connectivity index (χ0n) is 14.1. The van der Waals surface area contributed by atoms with Gasteiger partial charge in [0.25, 0.3) is 5.91 Å². The minimum absolute atomic E-state index is 0.0999. The van der Waals surface area contributed by atoms with Crippen molar-refractivity contribution in [3.05, 3.63) is 41.7 Å². The van der Waals surface area contributed by atoms with E-state index in [0.29, 0.717) is 17.9 Å². The van der Waals surface area contributed by atoms with Gasteiger partial charge in [-0.15, -0.1) is 0 Å². The van der Waals surface area contributed by atoms with Crippen molar-refractivity contribution >= 4 is 16.9 Å². The second-order valence-corrected chi connectivity index (χ2v) is 5.65. The van der Waals surface area contributed by atoms with E-state index in [4.69, 9.17) is 4.74 Å². The second-order valence-electron chi connectivity index (χ2n) is 5.65. The Labute approximate surface area is 140 Å². The van der Waals surface area contributed by atoms with Crippen LogP contribution in [0.4, 0.5) is 0 Å². The summed E-state index contributed by atoms with van der Waals surface area (Å²) in [4.78, 5) is 12.1. The molecule has 3 rings (SSSR count). The summed E-state index contributed by atoms with van der Waals surface area (Å²) in [5.74, 6) is 0.575. The van der Waals surface area contributed by atoms with Crippen LogP contribution in [0.2, 0.25) is 0 Å². The summed E-state index contributed by atoms with van der Waals surface area (Å²) in [5, 5.41) is 11.7. The lowest BCUT2D eigenvalue weighted by Crippen LogP contribution is -2.25. The molecule has 24 heavy (non-hydrogen) atoms. The van der Waals surface area contributed by atoms with Gasteiger partial charge in [-0.1, -0.05) is 6.07 Å². The van der Waals surface area contributed by atoms with Crippen LogP contribution in [0.25, 0.3) is 11.0 Å². The van der Waals surface area contributed by atoms with Crippen molar-refractivity contribution in [2.75, 3.05) is 13.7 Å². The lowest BCUT2D eigenvalue weighted by Gasteiger charge is -2.07. The standard InChI is InChI=1S/C17H21N5O2/c1-12-16-15(21(2)20-12)11-19-22(16)9-5-8-18-17(23)13-6-4-7-14(10-13)24-3/h4,6-7,10-11H,5,8-9H2,1-3H3,(H,18,23). The van der Waals surface area contributed by atoms with E-state index >= 15 is 0 Å². The van der Waals surface area contributed by atoms with Crippen molar-refractivity contribution in [3.63, 3.8) is 0 Å². The van der Waals surface area contributed by atoms with Gasteiger partial charge in [-0.25, -0.2) is 0 Å². The molecule has 0 atom stereocenters. The Balaban J connectivity index is 1.55. The van der Waals surface area contributed by atoms with Gasteiger partial charge in [0.05, 0.1) is 19.0 Å². The Morgan fingerprint density at radius 1 is 1.38 bits per heavy atom. The molecular formula is C17H21N5O2. The van der Waals surface area contributed by atoms with Crippen LogP contribution in [-0.2, 0) is 13.6 Å². The Kier molecular flexibility index (Phi) is 4.50. The Bertz CT molecular complexity index is 865. The van der Waals surface area contributed by atoms with Gasteiger partial charge in [0.1, 0.15) is 16.8 Å². The van der Waals surface area contributed by atoms with Gasteiger partial charge in [-0.2, -0.15) is 10.2 Å². The van der Waals surface area contributed by atoms with Gasteiger partial charge in [-0.3, -0.25) is 14.2 Å². The SMILES string of the molecule is COc1cccc(C(=O)NCCCn2ncc3c2c(C)nn3C)c1. The zero-order valence-corrected chi connectivity index (χ0v) is 14.1. The summed E-state index contributed by atoms with van der Waals surface area (Å²) in [7, 11) is 3.50. The maximum atomic E-state index is 12.1. The first-order valence-corrected chi connectivity index (χ1v) is 7.87. The molecule has 0 aliphatic carbocycles. The highest BCUT2D eigenvalue weighted by molar-refractivity contribution is 5.94. The number of fused-ring (bicyclic) bond motifs is 1. The summed E-state index contributed by atoms with van der Waals surface area (Å²) in [6.07, 6.45) is 2.62. The zero-order chi connectivity index (χ0) is 17.1. The quantitative estimate of drug-likeness (QED) is 0.702. The molecule has 0 aliphatic rings. The summed E-state index contributed by atoms with van der Waals surface area (Å²) >= 11 is 0. The fourth-order valence-electron chi connectivity index (χ4n) is 2.78. The van der Waals surface area contributed by atoms with E-state index in [1.807, 2.05) is 35.6 Å². The van der Waals surface area contributed by atoms with E-state index in [1.54, 1.807) is 25.3 Å². The largest absolute Gasteiger partial charge is 0.497 e. The minimum atomic E-state index is -0.0999. The molecule has 2 heterocycles. The van der Waals surface area contributed by atoms with Crippen molar-refractivity contribution in [3.8, 4) is 5.75 Å². The van der Waals surface area contributed by atoms with Gasteiger partial charge in [0, 0.05) is 25.7 Å². The van der Waals surface area contributed by atoms with Crippen molar-refractivity contribution in [2.45, 2.75) is 19.9 Å². The van der Waals surface area contributed by atoms with Crippen LogP contribution in [0, 0.1) is 6.92 Å². The molecule has 1 N–H and O–H groups in total. The molecule has 1 amide bonds. The highest BCUT2D eigenvalue weighted by Gasteiger charge is 2.11. The van der Waals surface area contributed by atoms with Crippen LogP contribution in [0.1, 0.15) is 22.5 Å². The van der Waals surface area contributed by atoms with Crippen LogP contribution in [0.3, 0.4) is 0 Å². The summed E-state index contributed by atoms with van der Waals surface area (Å²) < 4.78 is 8.91. The topological polar surface area (TPSA) is 74.0 Å². The van der Waals surface area contributed by atoms with Crippen molar-refractivity contribution in [2.24, 2.45) is 7.05 Å². The van der Waals surface area contributed by atoms with Gasteiger partial charge >= 0.3 is 0 Å². The second kappa shape index (κ2) is 6.74. The molecule has 0 spiro atoms. The smallest absolute Gasteiger partial charge is 0.251 e. The van der Waals surface area contributed by atoms with Gasteiger partial charge in [-0.05, 0) is 31.5 Å². The highest BCUT2D eigenvalue weighted by atomic mass is 16.5. The maximum absolute atomic E-state index is 12.1. The van der Waals surface area contributed by atoms with E-state index in [0.717, 1.165) is 29.7 Å². The Morgan fingerprint density at radius 3 is 3.00 bits per heavy atom. The monoisotopic (exact) mass is 327 g/mol. The number of nitrogens with one attached hydrogen (secondary N) is 1. The normalized spacial score (nSPS) is 11.0. The average molecular weight is 327 g/mol. The molecule has 0 saturated carbocycles. The van der Waals surface area contributed by atoms with E-state index in [9.17, 15) is 4.79 Å². The summed E-state index contributed by atoms with van der Waals surface area (Å²) in [6.45, 7) is 3.29. The van der Waals surface area contributed by atoms with E-state index in [-0.39, 0.29) is 5.91 Å². The number of aromatic nitrogens is 4. The predicted octanol–water partition coefficient (Wildman–Crippen LogP) is 1.91. The Morgan fingerprint density at radius 2 is 2.21 bits per heavy atom. The third kappa shape index (κ3) is 3.10. The molecule has 126 valence electrons. The fourth-order valence-corrected chi connectivity index (χ4v) is 2.78. The van der Waals surface area contributed by atoms with Gasteiger partial charge < -0.3 is 10.1 Å². The number of rotatable bonds is 6. The molecule has 2 aromatic heterocycles. The molecular weight excluding hydrogens is 306 g/mol. The molecule has 7 heteroatoms. The number of amides is 1. The lowest BCUT2D eigenvalue weighted by molar-refractivity contribution is 0.0952. The minimum Gasteiger partial charge on any atom is -0.497 e. The molecule has 3 aromatic rings. The van der Waals surface area contributed by atoms with Crippen LogP contribution >= 0.6 is 0 Å². The number of hydrogen-bond donors (Lipinski definition) is 1. The van der Waals surface area contributed by atoms with Crippen LogP contribution in [-0.4, -0.2) is 39.1 Å².